The average molecular weight is 333 g/mol. The fraction of sp³-hybridized carbons (Fsp3) is 0.688. The predicted molar refractivity (Wildman–Crippen MR) is 89.7 cm³/mol. The van der Waals surface area contributed by atoms with Crippen molar-refractivity contribution in [3.8, 4) is 0 Å². The van der Waals surface area contributed by atoms with Crippen LogP contribution in [-0.4, -0.2) is 31.6 Å². The topological polar surface area (TPSA) is 64.9 Å². The summed E-state index contributed by atoms with van der Waals surface area (Å²) in [6.45, 7) is 0.753. The number of nitrogens with one attached hydrogen (secondary N) is 1. The Bertz CT molecular complexity index is 648. The number of ether oxygens (including phenoxy) is 1. The molecule has 3 heterocycles. The van der Waals surface area contributed by atoms with Crippen molar-refractivity contribution in [1.29, 1.82) is 0 Å². The summed E-state index contributed by atoms with van der Waals surface area (Å²) in [4.78, 5) is 9.15. The quantitative estimate of drug-likeness (QED) is 0.930. The number of anilines is 1. The number of nitrogens with zero attached hydrogens (tertiary/aromatic N) is 4. The van der Waals surface area contributed by atoms with Gasteiger partial charge in [-0.1, -0.05) is 12.8 Å². The number of aromatic nitrogens is 4. The molecule has 0 aromatic carbocycles. The molecule has 7 heteroatoms. The van der Waals surface area contributed by atoms with E-state index < -0.39 is 0 Å². The molecule has 0 spiro atoms. The molecule has 1 N–H and O–H groups in total. The van der Waals surface area contributed by atoms with Crippen LogP contribution in [0.25, 0.3) is 0 Å². The summed E-state index contributed by atoms with van der Waals surface area (Å²) < 4.78 is 12.5. The van der Waals surface area contributed by atoms with E-state index in [1.807, 2.05) is 24.0 Å². The Balaban J connectivity index is 1.39. The standard InChI is InChI=1S/C16H23N5OS/c1-21-8-7-17-15(21)13-10-12(6-9-22-13)18-16-19-14(20-23-16)11-4-2-3-5-11/h7-8,11-13H,2-6,9-10H2,1H3,(H,18,19,20). The minimum atomic E-state index is 0.0588. The third kappa shape index (κ3) is 3.26. The molecule has 2 unspecified atom stereocenters. The highest BCUT2D eigenvalue weighted by Gasteiger charge is 2.28. The van der Waals surface area contributed by atoms with Gasteiger partial charge < -0.3 is 14.6 Å². The van der Waals surface area contributed by atoms with Crippen molar-refractivity contribution in [1.82, 2.24) is 18.9 Å². The van der Waals surface area contributed by atoms with Crippen LogP contribution in [0.2, 0.25) is 0 Å². The summed E-state index contributed by atoms with van der Waals surface area (Å²) in [5, 5.41) is 4.52. The van der Waals surface area contributed by atoms with Gasteiger partial charge in [-0.2, -0.15) is 4.37 Å². The molecule has 2 aromatic heterocycles. The first kappa shape index (κ1) is 15.1. The van der Waals surface area contributed by atoms with Gasteiger partial charge in [-0.15, -0.1) is 0 Å². The molecule has 0 bridgehead atoms. The van der Waals surface area contributed by atoms with E-state index in [4.69, 9.17) is 9.72 Å². The lowest BCUT2D eigenvalue weighted by molar-refractivity contribution is 0.00291. The predicted octanol–water partition coefficient (Wildman–Crippen LogP) is 3.26. The first-order valence-corrected chi connectivity index (χ1v) is 9.26. The molecule has 1 aliphatic carbocycles. The second kappa shape index (κ2) is 6.57. The summed E-state index contributed by atoms with van der Waals surface area (Å²) in [6, 6.07) is 0.370. The molecule has 0 radical (unpaired) electrons. The fourth-order valence-corrected chi connectivity index (χ4v) is 4.34. The van der Waals surface area contributed by atoms with Gasteiger partial charge in [-0.05, 0) is 19.3 Å². The number of hydrogen-bond donors (Lipinski definition) is 1. The molecule has 23 heavy (non-hydrogen) atoms. The van der Waals surface area contributed by atoms with Gasteiger partial charge in [0.05, 0.1) is 0 Å². The van der Waals surface area contributed by atoms with E-state index in [1.165, 1.54) is 37.2 Å². The van der Waals surface area contributed by atoms with Gasteiger partial charge in [0.2, 0.25) is 5.13 Å². The van der Waals surface area contributed by atoms with Crippen LogP contribution in [-0.2, 0) is 11.8 Å². The number of rotatable bonds is 4. The van der Waals surface area contributed by atoms with Gasteiger partial charge in [0.15, 0.2) is 0 Å². The maximum Gasteiger partial charge on any atom is 0.202 e. The van der Waals surface area contributed by atoms with Crippen molar-refractivity contribution < 1.29 is 4.74 Å². The SMILES string of the molecule is Cn1ccnc1C1CC(Nc2nc(C3CCCC3)ns2)CCO1. The zero-order valence-corrected chi connectivity index (χ0v) is 14.3. The molecule has 0 amide bonds. The minimum absolute atomic E-state index is 0.0588. The van der Waals surface area contributed by atoms with Crippen LogP contribution in [0.5, 0.6) is 0 Å². The van der Waals surface area contributed by atoms with Gasteiger partial charge in [0.25, 0.3) is 0 Å². The maximum absolute atomic E-state index is 5.90. The maximum atomic E-state index is 5.90. The first-order chi connectivity index (χ1) is 11.3. The summed E-state index contributed by atoms with van der Waals surface area (Å²) >= 11 is 1.50. The van der Waals surface area contributed by atoms with Crippen LogP contribution >= 0.6 is 11.5 Å². The second-order valence-corrected chi connectivity index (χ2v) is 7.31. The molecule has 1 aliphatic heterocycles. The monoisotopic (exact) mass is 333 g/mol. The summed E-state index contributed by atoms with van der Waals surface area (Å²) in [5.74, 6) is 2.62. The van der Waals surface area contributed by atoms with Crippen molar-refractivity contribution in [2.75, 3.05) is 11.9 Å². The number of imidazole rings is 1. The van der Waals surface area contributed by atoms with Crippen molar-refractivity contribution >= 4 is 16.7 Å². The summed E-state index contributed by atoms with van der Waals surface area (Å²) in [7, 11) is 2.02. The lowest BCUT2D eigenvalue weighted by atomic mass is 10.0. The zero-order chi connectivity index (χ0) is 15.6. The van der Waals surface area contributed by atoms with Crippen molar-refractivity contribution in [2.24, 2.45) is 7.05 Å². The number of hydrogen-bond acceptors (Lipinski definition) is 6. The second-order valence-electron chi connectivity index (χ2n) is 6.56. The Morgan fingerprint density at radius 1 is 1.30 bits per heavy atom. The van der Waals surface area contributed by atoms with E-state index >= 15 is 0 Å². The van der Waals surface area contributed by atoms with Crippen LogP contribution < -0.4 is 5.32 Å². The Labute approximate surface area is 140 Å². The zero-order valence-electron chi connectivity index (χ0n) is 13.4. The third-order valence-electron chi connectivity index (χ3n) is 4.92. The fourth-order valence-electron chi connectivity index (χ4n) is 3.61. The van der Waals surface area contributed by atoms with Gasteiger partial charge in [0.1, 0.15) is 17.8 Å². The summed E-state index contributed by atoms with van der Waals surface area (Å²) in [6.07, 6.45) is 10.9. The molecule has 2 aliphatic rings. The smallest absolute Gasteiger partial charge is 0.202 e. The van der Waals surface area contributed by atoms with E-state index in [1.54, 1.807) is 0 Å². The minimum Gasteiger partial charge on any atom is -0.370 e. The van der Waals surface area contributed by atoms with Gasteiger partial charge in [0, 0.05) is 56.0 Å². The molecular weight excluding hydrogens is 310 g/mol. The third-order valence-corrected chi connectivity index (χ3v) is 5.58. The van der Waals surface area contributed by atoms with E-state index in [0.29, 0.717) is 12.0 Å². The molecule has 1 saturated heterocycles. The van der Waals surface area contributed by atoms with Crippen LogP contribution in [0, 0.1) is 0 Å². The lowest BCUT2D eigenvalue weighted by Gasteiger charge is -2.29. The number of aryl methyl sites for hydroxylation is 1. The molecular formula is C16H23N5OS. The van der Waals surface area contributed by atoms with Gasteiger partial charge >= 0.3 is 0 Å². The van der Waals surface area contributed by atoms with E-state index in [-0.39, 0.29) is 6.10 Å². The lowest BCUT2D eigenvalue weighted by Crippen LogP contribution is -2.31. The molecule has 2 aromatic rings. The highest BCUT2D eigenvalue weighted by Crippen LogP contribution is 2.34. The van der Waals surface area contributed by atoms with Crippen molar-refractivity contribution in [3.63, 3.8) is 0 Å². The Morgan fingerprint density at radius 2 is 2.17 bits per heavy atom. The van der Waals surface area contributed by atoms with Crippen LogP contribution in [0.1, 0.15) is 62.2 Å². The first-order valence-electron chi connectivity index (χ1n) is 8.48. The normalized spacial score (nSPS) is 25.8. The van der Waals surface area contributed by atoms with Crippen LogP contribution in [0.3, 0.4) is 0 Å². The Morgan fingerprint density at radius 3 is 2.96 bits per heavy atom. The van der Waals surface area contributed by atoms with Gasteiger partial charge in [-0.3, -0.25) is 0 Å². The van der Waals surface area contributed by atoms with Crippen LogP contribution in [0.4, 0.5) is 5.13 Å². The molecule has 124 valence electrons. The highest BCUT2D eigenvalue weighted by molar-refractivity contribution is 7.09. The highest BCUT2D eigenvalue weighted by atomic mass is 32.1. The largest absolute Gasteiger partial charge is 0.370 e. The summed E-state index contributed by atoms with van der Waals surface area (Å²) in [5.41, 5.74) is 0. The van der Waals surface area contributed by atoms with Crippen molar-refractivity contribution in [2.45, 2.75) is 56.6 Å². The van der Waals surface area contributed by atoms with E-state index in [2.05, 4.69) is 14.7 Å². The molecule has 2 atom stereocenters. The Kier molecular flexibility index (Phi) is 4.31. The van der Waals surface area contributed by atoms with E-state index in [9.17, 15) is 0 Å². The van der Waals surface area contributed by atoms with Crippen molar-refractivity contribution in [3.05, 3.63) is 24.0 Å². The molecule has 4 rings (SSSR count). The molecule has 2 fully saturated rings. The van der Waals surface area contributed by atoms with E-state index in [0.717, 1.165) is 36.2 Å². The van der Waals surface area contributed by atoms with Gasteiger partial charge in [-0.25, -0.2) is 9.97 Å². The Hall–Kier alpha value is -1.47. The molecule has 1 saturated carbocycles. The average Bonchev–Trinajstić information content (AvgIpc) is 3.28. The van der Waals surface area contributed by atoms with Crippen LogP contribution in [0.15, 0.2) is 12.4 Å². The molecule has 6 nitrogen and oxygen atoms in total.